The number of rotatable bonds is 6. The number of aromatic nitrogens is 3. The van der Waals surface area contributed by atoms with Gasteiger partial charge in [0.15, 0.2) is 0 Å². The number of carbonyl (C=O) groups excluding carboxylic acids is 3. The van der Waals surface area contributed by atoms with Gasteiger partial charge in [0.1, 0.15) is 5.82 Å². The van der Waals surface area contributed by atoms with Crippen LogP contribution in [0.2, 0.25) is 0 Å². The van der Waals surface area contributed by atoms with E-state index in [1.165, 1.54) is 4.90 Å². The summed E-state index contributed by atoms with van der Waals surface area (Å²) in [7, 11) is 1.93. The van der Waals surface area contributed by atoms with Crippen molar-refractivity contribution in [2.75, 3.05) is 6.54 Å². The average molecular weight is 472 g/mol. The lowest BCUT2D eigenvalue weighted by atomic mass is 9.75. The molecule has 0 radical (unpaired) electrons. The Bertz CT molecular complexity index is 1230. The van der Waals surface area contributed by atoms with Crippen molar-refractivity contribution in [3.63, 3.8) is 0 Å². The Kier molecular flexibility index (Phi) is 6.19. The third-order valence-electron chi connectivity index (χ3n) is 7.23. The number of hydrogen-bond donors (Lipinski definition) is 0. The standard InChI is InChI=1S/C27H29N5O3/c1-30-15-13-29-25(30)22-11-5-6-14-31(22)23(33)16-27(21-9-3-2-4-10-21)17-24(34)32(26(27)35)19-20-8-7-12-28-18-20/h2-4,7-10,12-13,15,18,22H,5-6,11,14,16-17,19H2,1H3/t22-,27-/m1/s1. The molecule has 0 aliphatic carbocycles. The molecule has 3 amide bonds. The molecule has 2 aliphatic rings. The molecule has 4 heterocycles. The highest BCUT2D eigenvalue weighted by Crippen LogP contribution is 2.42. The number of hydrogen-bond acceptors (Lipinski definition) is 5. The summed E-state index contributed by atoms with van der Waals surface area (Å²) in [4.78, 5) is 52.7. The van der Waals surface area contributed by atoms with Crippen molar-refractivity contribution in [2.45, 2.75) is 50.1 Å². The van der Waals surface area contributed by atoms with Crippen molar-refractivity contribution in [1.82, 2.24) is 24.3 Å². The number of nitrogens with zero attached hydrogens (tertiary/aromatic N) is 5. The minimum Gasteiger partial charge on any atom is -0.336 e. The van der Waals surface area contributed by atoms with Gasteiger partial charge in [0.25, 0.3) is 0 Å². The second-order valence-electron chi connectivity index (χ2n) is 9.44. The molecule has 2 aliphatic heterocycles. The Labute approximate surface area is 204 Å². The van der Waals surface area contributed by atoms with E-state index >= 15 is 0 Å². The zero-order valence-corrected chi connectivity index (χ0v) is 19.8. The molecule has 0 saturated carbocycles. The van der Waals surface area contributed by atoms with Crippen LogP contribution in [0.3, 0.4) is 0 Å². The molecule has 0 N–H and O–H groups in total. The molecule has 35 heavy (non-hydrogen) atoms. The number of benzene rings is 1. The summed E-state index contributed by atoms with van der Waals surface area (Å²) >= 11 is 0. The number of carbonyl (C=O) groups is 3. The minimum atomic E-state index is -1.22. The summed E-state index contributed by atoms with van der Waals surface area (Å²) in [6.45, 7) is 0.761. The summed E-state index contributed by atoms with van der Waals surface area (Å²) < 4.78 is 1.95. The zero-order valence-electron chi connectivity index (χ0n) is 19.8. The van der Waals surface area contributed by atoms with E-state index in [0.29, 0.717) is 12.1 Å². The van der Waals surface area contributed by atoms with Crippen LogP contribution in [0.5, 0.6) is 0 Å². The lowest BCUT2D eigenvalue weighted by molar-refractivity contribution is -0.144. The van der Waals surface area contributed by atoms with Crippen LogP contribution in [0.25, 0.3) is 0 Å². The molecule has 0 bridgehead atoms. The molecule has 8 heteroatoms. The Hall–Kier alpha value is -3.81. The Morgan fingerprint density at radius 3 is 2.63 bits per heavy atom. The molecule has 2 saturated heterocycles. The van der Waals surface area contributed by atoms with Crippen molar-refractivity contribution in [2.24, 2.45) is 7.05 Å². The molecular formula is C27H29N5O3. The normalized spacial score (nSPS) is 22.6. The smallest absolute Gasteiger partial charge is 0.241 e. The van der Waals surface area contributed by atoms with E-state index in [9.17, 15) is 14.4 Å². The minimum absolute atomic E-state index is 0.0250. The average Bonchev–Trinajstić information content (AvgIpc) is 3.42. The predicted octanol–water partition coefficient (Wildman–Crippen LogP) is 3.16. The van der Waals surface area contributed by atoms with Gasteiger partial charge in [0.2, 0.25) is 17.7 Å². The molecule has 5 rings (SSSR count). The molecule has 8 nitrogen and oxygen atoms in total. The van der Waals surface area contributed by atoms with Crippen LogP contribution in [0.1, 0.15) is 55.1 Å². The highest BCUT2D eigenvalue weighted by molar-refractivity contribution is 6.10. The molecule has 0 spiro atoms. The SMILES string of the molecule is Cn1ccnc1[C@H]1CCCCN1C(=O)C[C@]1(c2ccccc2)CC(=O)N(Cc2cccnc2)C1=O. The third-order valence-corrected chi connectivity index (χ3v) is 7.23. The molecular weight excluding hydrogens is 442 g/mol. The summed E-state index contributed by atoms with van der Waals surface area (Å²) in [6.07, 6.45) is 9.61. The fraction of sp³-hybridized carbons (Fsp3) is 0.370. The first-order chi connectivity index (χ1) is 17.0. The van der Waals surface area contributed by atoms with Gasteiger partial charge in [-0.1, -0.05) is 36.4 Å². The molecule has 0 unspecified atom stereocenters. The maximum atomic E-state index is 13.9. The van der Waals surface area contributed by atoms with Crippen LogP contribution < -0.4 is 0 Å². The second-order valence-corrected chi connectivity index (χ2v) is 9.44. The van der Waals surface area contributed by atoms with E-state index < -0.39 is 5.41 Å². The third kappa shape index (κ3) is 4.24. The van der Waals surface area contributed by atoms with E-state index in [-0.39, 0.29) is 43.1 Å². The van der Waals surface area contributed by atoms with Crippen molar-refractivity contribution in [3.8, 4) is 0 Å². The van der Waals surface area contributed by atoms with E-state index in [2.05, 4.69) is 9.97 Å². The molecule has 1 aromatic carbocycles. The molecule has 2 atom stereocenters. The van der Waals surface area contributed by atoms with Crippen LogP contribution in [0.15, 0.2) is 67.3 Å². The van der Waals surface area contributed by atoms with Crippen molar-refractivity contribution in [1.29, 1.82) is 0 Å². The fourth-order valence-corrected chi connectivity index (χ4v) is 5.41. The van der Waals surface area contributed by atoms with Gasteiger partial charge in [0, 0.05) is 51.2 Å². The maximum absolute atomic E-state index is 13.9. The Morgan fingerprint density at radius 2 is 1.91 bits per heavy atom. The van der Waals surface area contributed by atoms with Gasteiger partial charge in [0.05, 0.1) is 18.0 Å². The zero-order chi connectivity index (χ0) is 24.4. The van der Waals surface area contributed by atoms with Gasteiger partial charge in [-0.05, 0) is 36.5 Å². The molecule has 2 fully saturated rings. The van der Waals surface area contributed by atoms with Crippen LogP contribution in [-0.4, -0.2) is 48.6 Å². The van der Waals surface area contributed by atoms with Gasteiger partial charge in [-0.3, -0.25) is 24.3 Å². The van der Waals surface area contributed by atoms with Gasteiger partial charge >= 0.3 is 0 Å². The Balaban J connectivity index is 1.47. The van der Waals surface area contributed by atoms with Gasteiger partial charge in [-0.2, -0.15) is 0 Å². The van der Waals surface area contributed by atoms with E-state index in [1.54, 1.807) is 24.7 Å². The van der Waals surface area contributed by atoms with Crippen LogP contribution in [-0.2, 0) is 33.4 Å². The highest BCUT2D eigenvalue weighted by atomic mass is 16.2. The number of pyridine rings is 1. The topological polar surface area (TPSA) is 88.4 Å². The van der Waals surface area contributed by atoms with Gasteiger partial charge in [-0.25, -0.2) is 4.98 Å². The Morgan fingerprint density at radius 1 is 1.09 bits per heavy atom. The number of amides is 3. The second kappa shape index (κ2) is 9.44. The van der Waals surface area contributed by atoms with Crippen LogP contribution >= 0.6 is 0 Å². The van der Waals surface area contributed by atoms with Gasteiger partial charge in [-0.15, -0.1) is 0 Å². The summed E-state index contributed by atoms with van der Waals surface area (Å²) in [5.41, 5.74) is 0.252. The van der Waals surface area contributed by atoms with Crippen molar-refractivity contribution >= 4 is 17.7 Å². The quantitative estimate of drug-likeness (QED) is 0.516. The number of imidazole rings is 1. The lowest BCUT2D eigenvalue weighted by Gasteiger charge is -2.37. The number of likely N-dealkylation sites (tertiary alicyclic amines) is 2. The fourth-order valence-electron chi connectivity index (χ4n) is 5.41. The van der Waals surface area contributed by atoms with E-state index in [1.807, 2.05) is 59.1 Å². The van der Waals surface area contributed by atoms with Crippen LogP contribution in [0, 0.1) is 0 Å². The van der Waals surface area contributed by atoms with E-state index in [0.717, 1.165) is 30.7 Å². The van der Waals surface area contributed by atoms with Crippen molar-refractivity contribution in [3.05, 3.63) is 84.2 Å². The number of imide groups is 1. The summed E-state index contributed by atoms with van der Waals surface area (Å²) in [5.74, 6) is 0.135. The summed E-state index contributed by atoms with van der Waals surface area (Å²) in [5, 5.41) is 0. The largest absolute Gasteiger partial charge is 0.336 e. The first kappa shape index (κ1) is 23.0. The first-order valence-electron chi connectivity index (χ1n) is 12.1. The van der Waals surface area contributed by atoms with Crippen LogP contribution in [0.4, 0.5) is 0 Å². The van der Waals surface area contributed by atoms with Gasteiger partial charge < -0.3 is 9.47 Å². The predicted molar refractivity (Wildman–Crippen MR) is 129 cm³/mol. The number of aryl methyl sites for hydroxylation is 1. The van der Waals surface area contributed by atoms with E-state index in [4.69, 9.17) is 0 Å². The summed E-state index contributed by atoms with van der Waals surface area (Å²) in [6, 6.07) is 12.7. The molecule has 3 aromatic rings. The number of piperidine rings is 1. The first-order valence-corrected chi connectivity index (χ1v) is 12.1. The lowest BCUT2D eigenvalue weighted by Crippen LogP contribution is -2.46. The monoisotopic (exact) mass is 471 g/mol. The van der Waals surface area contributed by atoms with Crippen molar-refractivity contribution < 1.29 is 14.4 Å². The molecule has 180 valence electrons. The maximum Gasteiger partial charge on any atom is 0.241 e. The molecule has 2 aromatic heterocycles. The highest BCUT2D eigenvalue weighted by Gasteiger charge is 2.54.